The van der Waals surface area contributed by atoms with Gasteiger partial charge >= 0.3 is 6.61 Å². The maximum absolute atomic E-state index is 12.9. The van der Waals surface area contributed by atoms with Gasteiger partial charge in [-0.1, -0.05) is 0 Å². The fourth-order valence-corrected chi connectivity index (χ4v) is 3.47. The van der Waals surface area contributed by atoms with Crippen LogP contribution in [-0.2, 0) is 6.54 Å². The molecule has 4 aromatic rings. The molecule has 1 N–H and O–H groups in total. The quantitative estimate of drug-likeness (QED) is 0.428. The first kappa shape index (κ1) is 22.2. The van der Waals surface area contributed by atoms with Crippen LogP contribution in [0.2, 0.25) is 0 Å². The van der Waals surface area contributed by atoms with Crippen molar-refractivity contribution in [1.82, 2.24) is 24.4 Å². The van der Waals surface area contributed by atoms with Crippen molar-refractivity contribution in [3.8, 4) is 22.8 Å². The summed E-state index contributed by atoms with van der Waals surface area (Å²) in [5, 5.41) is 11.5. The number of hydrogen-bond donors (Lipinski definition) is 1. The van der Waals surface area contributed by atoms with E-state index in [-0.39, 0.29) is 23.8 Å². The number of benzene rings is 1. The molecule has 0 aliphatic heterocycles. The molecule has 3 aromatic heterocycles. The van der Waals surface area contributed by atoms with Gasteiger partial charge in [-0.2, -0.15) is 19.0 Å². The van der Waals surface area contributed by atoms with E-state index < -0.39 is 12.5 Å². The number of ether oxygens (including phenoxy) is 2. The molecule has 0 spiro atoms. The van der Waals surface area contributed by atoms with Crippen LogP contribution < -0.4 is 14.8 Å². The van der Waals surface area contributed by atoms with Gasteiger partial charge in [0.2, 0.25) is 0 Å². The second-order valence-electron chi connectivity index (χ2n) is 7.02. The van der Waals surface area contributed by atoms with Crippen molar-refractivity contribution in [3.05, 3.63) is 54.1 Å². The minimum absolute atomic E-state index is 0.0953. The fourth-order valence-electron chi connectivity index (χ4n) is 3.47. The van der Waals surface area contributed by atoms with E-state index >= 15 is 0 Å². The third-order valence-electron chi connectivity index (χ3n) is 4.99. The summed E-state index contributed by atoms with van der Waals surface area (Å²) < 4.78 is 38.5. The Morgan fingerprint density at radius 3 is 2.70 bits per heavy atom. The van der Waals surface area contributed by atoms with Crippen LogP contribution in [0.3, 0.4) is 0 Å². The van der Waals surface area contributed by atoms with Gasteiger partial charge in [0.05, 0.1) is 18.5 Å². The number of alkyl halides is 2. The number of aryl methyl sites for hydroxylation is 1. The molecular formula is C22H22F2N6O3. The number of anilines is 1. The minimum atomic E-state index is -2.99. The number of aromatic nitrogens is 5. The predicted molar refractivity (Wildman–Crippen MR) is 117 cm³/mol. The van der Waals surface area contributed by atoms with E-state index in [9.17, 15) is 13.6 Å². The van der Waals surface area contributed by atoms with Crippen LogP contribution in [0.15, 0.2) is 42.7 Å². The average Bonchev–Trinajstić information content (AvgIpc) is 3.38. The van der Waals surface area contributed by atoms with Gasteiger partial charge in [0, 0.05) is 41.8 Å². The molecule has 4 rings (SSSR count). The number of hydrogen-bond acceptors (Lipinski definition) is 6. The lowest BCUT2D eigenvalue weighted by Gasteiger charge is -2.13. The third kappa shape index (κ3) is 4.47. The summed E-state index contributed by atoms with van der Waals surface area (Å²) in [6.07, 6.45) is 3.40. The maximum atomic E-state index is 12.9. The molecule has 0 aliphatic rings. The van der Waals surface area contributed by atoms with Crippen LogP contribution in [0.25, 0.3) is 16.9 Å². The first-order chi connectivity index (χ1) is 15.9. The lowest BCUT2D eigenvalue weighted by molar-refractivity contribution is -0.0514. The normalized spacial score (nSPS) is 11.2. The molecule has 11 heteroatoms. The lowest BCUT2D eigenvalue weighted by atomic mass is 10.2. The van der Waals surface area contributed by atoms with Gasteiger partial charge in [0.15, 0.2) is 22.8 Å². The van der Waals surface area contributed by atoms with Crippen LogP contribution in [0.5, 0.6) is 11.5 Å². The smallest absolute Gasteiger partial charge is 0.387 e. The highest BCUT2D eigenvalue weighted by Gasteiger charge is 2.18. The van der Waals surface area contributed by atoms with E-state index in [0.717, 1.165) is 23.5 Å². The minimum Gasteiger partial charge on any atom is -0.490 e. The molecule has 1 amide bonds. The Morgan fingerprint density at radius 2 is 2.00 bits per heavy atom. The summed E-state index contributed by atoms with van der Waals surface area (Å²) in [5.74, 6) is -0.509. The van der Waals surface area contributed by atoms with Gasteiger partial charge in [0.25, 0.3) is 5.91 Å². The Hall–Kier alpha value is -4.02. The number of amides is 1. The molecule has 0 fully saturated rings. The highest BCUT2D eigenvalue weighted by molar-refractivity contribution is 6.03. The summed E-state index contributed by atoms with van der Waals surface area (Å²) >= 11 is 0. The highest BCUT2D eigenvalue weighted by Crippen LogP contribution is 2.32. The van der Waals surface area contributed by atoms with E-state index in [4.69, 9.17) is 4.74 Å². The molecule has 172 valence electrons. The van der Waals surface area contributed by atoms with Gasteiger partial charge < -0.3 is 14.8 Å². The number of fused-ring (bicyclic) bond motifs is 1. The van der Waals surface area contributed by atoms with E-state index in [0.29, 0.717) is 11.3 Å². The van der Waals surface area contributed by atoms with Gasteiger partial charge in [-0.15, -0.1) is 0 Å². The second kappa shape index (κ2) is 9.23. The van der Waals surface area contributed by atoms with Gasteiger partial charge in [0.1, 0.15) is 0 Å². The summed E-state index contributed by atoms with van der Waals surface area (Å²) in [5.41, 5.74) is 3.59. The largest absolute Gasteiger partial charge is 0.490 e. The monoisotopic (exact) mass is 456 g/mol. The fraction of sp³-hybridized carbons (Fsp3) is 0.273. The van der Waals surface area contributed by atoms with Gasteiger partial charge in [-0.05, 0) is 39.0 Å². The molecule has 1 aromatic carbocycles. The van der Waals surface area contributed by atoms with E-state index in [1.54, 1.807) is 29.9 Å². The standard InChI is InChI=1S/C22H22F2N6O3/c1-4-29-13(3)15(12-26-29)17-8-9-25-20-11-16(28-30(17)20)21(31)27-14-6-7-18(33-22(23)24)19(10-14)32-5-2/h6-12,22H,4-5H2,1-3H3,(H,27,31). The SMILES string of the molecule is CCOc1cc(NC(=O)c2cc3nccc(-c4cnn(CC)c4C)n3n2)ccc1OC(F)F. The Morgan fingerprint density at radius 1 is 1.18 bits per heavy atom. The molecule has 0 bridgehead atoms. The van der Waals surface area contributed by atoms with Gasteiger partial charge in [-0.3, -0.25) is 9.48 Å². The number of carbonyl (C=O) groups is 1. The maximum Gasteiger partial charge on any atom is 0.387 e. The van der Waals surface area contributed by atoms with Crippen molar-refractivity contribution in [3.63, 3.8) is 0 Å². The second-order valence-corrected chi connectivity index (χ2v) is 7.02. The Kier molecular flexibility index (Phi) is 6.20. The number of nitrogens with one attached hydrogen (secondary N) is 1. The molecular weight excluding hydrogens is 434 g/mol. The topological polar surface area (TPSA) is 95.6 Å². The van der Waals surface area contributed by atoms with Crippen LogP contribution >= 0.6 is 0 Å². The molecule has 0 radical (unpaired) electrons. The number of nitrogens with zero attached hydrogens (tertiary/aromatic N) is 5. The Bertz CT molecular complexity index is 1300. The summed E-state index contributed by atoms with van der Waals surface area (Å²) in [4.78, 5) is 17.2. The zero-order valence-electron chi connectivity index (χ0n) is 18.2. The third-order valence-corrected chi connectivity index (χ3v) is 4.99. The molecule has 9 nitrogen and oxygen atoms in total. The van der Waals surface area contributed by atoms with Crippen LogP contribution in [0.1, 0.15) is 30.0 Å². The molecule has 0 saturated carbocycles. The zero-order valence-corrected chi connectivity index (χ0v) is 18.2. The summed E-state index contributed by atoms with van der Waals surface area (Å²) in [6, 6.07) is 7.55. The van der Waals surface area contributed by atoms with E-state index in [1.165, 1.54) is 18.2 Å². The average molecular weight is 456 g/mol. The first-order valence-electron chi connectivity index (χ1n) is 10.3. The van der Waals surface area contributed by atoms with Crippen LogP contribution in [-0.4, -0.2) is 43.5 Å². The lowest BCUT2D eigenvalue weighted by Crippen LogP contribution is -2.13. The van der Waals surface area contributed by atoms with Crippen molar-refractivity contribution in [2.24, 2.45) is 0 Å². The highest BCUT2D eigenvalue weighted by atomic mass is 19.3. The molecule has 0 aliphatic carbocycles. The number of halogens is 2. The Balaban J connectivity index is 1.63. The van der Waals surface area contributed by atoms with Gasteiger partial charge in [-0.25, -0.2) is 9.50 Å². The molecule has 0 unspecified atom stereocenters. The molecule has 33 heavy (non-hydrogen) atoms. The number of carbonyl (C=O) groups excluding carboxylic acids is 1. The number of rotatable bonds is 8. The molecule has 0 atom stereocenters. The molecule has 0 saturated heterocycles. The van der Waals surface area contributed by atoms with Crippen LogP contribution in [0.4, 0.5) is 14.5 Å². The Labute approximate surface area is 188 Å². The molecule has 3 heterocycles. The van der Waals surface area contributed by atoms with Crippen molar-refractivity contribution in [1.29, 1.82) is 0 Å². The van der Waals surface area contributed by atoms with Crippen LogP contribution in [0, 0.1) is 6.92 Å². The first-order valence-corrected chi connectivity index (χ1v) is 10.3. The van der Waals surface area contributed by atoms with E-state index in [2.05, 4.69) is 25.2 Å². The zero-order chi connectivity index (χ0) is 23.5. The summed E-state index contributed by atoms with van der Waals surface area (Å²) in [7, 11) is 0. The predicted octanol–water partition coefficient (Wildman–Crippen LogP) is 4.17. The van der Waals surface area contributed by atoms with Crippen molar-refractivity contribution < 1.29 is 23.0 Å². The van der Waals surface area contributed by atoms with E-state index in [1.807, 2.05) is 24.6 Å². The van der Waals surface area contributed by atoms with Crippen molar-refractivity contribution in [2.75, 3.05) is 11.9 Å². The van der Waals surface area contributed by atoms with Crippen molar-refractivity contribution >= 4 is 17.2 Å². The van der Waals surface area contributed by atoms with Crippen molar-refractivity contribution in [2.45, 2.75) is 33.9 Å². The summed E-state index contributed by atoms with van der Waals surface area (Å²) in [6.45, 7) is 3.67.